The van der Waals surface area contributed by atoms with Crippen molar-refractivity contribution in [2.45, 2.75) is 30.6 Å². The minimum atomic E-state index is -6.12. The SMILES string of the molecule is Nc1ccc(Cc2ccc(C(F)(c3ccc(Cc4ccc(N)cc4)cc3)C(F)(F)C(F)(F)F)cc2)cc1. The normalized spacial score (nSPS) is 12.5. The van der Waals surface area contributed by atoms with E-state index in [4.69, 9.17) is 11.5 Å². The second kappa shape index (κ2) is 9.84. The summed E-state index contributed by atoms with van der Waals surface area (Å²) >= 11 is 0. The standard InChI is InChI=1S/C29H24F6N2/c30-27(28(31,32)29(33,34)35,23-9-1-19(2-10-23)17-21-5-13-25(36)14-6-21)24-11-3-20(4-12-24)18-22-7-15-26(37)16-8-22/h1-16H,17-18,36-37H2. The van der Waals surface area contributed by atoms with E-state index >= 15 is 4.39 Å². The highest BCUT2D eigenvalue weighted by Crippen LogP contribution is 2.54. The summed E-state index contributed by atoms with van der Waals surface area (Å²) in [6, 6.07) is 23.2. The predicted octanol–water partition coefficient (Wildman–Crippen LogP) is 7.44. The largest absolute Gasteiger partial charge is 0.457 e. The number of halogens is 6. The Bertz CT molecular complexity index is 1240. The number of nitrogens with two attached hydrogens (primary N) is 2. The van der Waals surface area contributed by atoms with E-state index in [1.807, 2.05) is 0 Å². The maximum Gasteiger partial charge on any atom is 0.457 e. The molecular weight excluding hydrogens is 490 g/mol. The van der Waals surface area contributed by atoms with Crippen molar-refractivity contribution < 1.29 is 26.3 Å². The van der Waals surface area contributed by atoms with Crippen LogP contribution in [-0.2, 0) is 18.5 Å². The Kier molecular flexibility index (Phi) is 6.95. The first kappa shape index (κ1) is 26.1. The van der Waals surface area contributed by atoms with Crippen LogP contribution in [0.5, 0.6) is 0 Å². The van der Waals surface area contributed by atoms with Gasteiger partial charge >= 0.3 is 12.1 Å². The molecule has 0 aliphatic carbocycles. The van der Waals surface area contributed by atoms with Gasteiger partial charge in [-0.3, -0.25) is 0 Å². The van der Waals surface area contributed by atoms with E-state index in [2.05, 4.69) is 0 Å². The van der Waals surface area contributed by atoms with Gasteiger partial charge in [-0.1, -0.05) is 72.8 Å². The number of hydrogen-bond donors (Lipinski definition) is 2. The molecule has 2 nitrogen and oxygen atoms in total. The molecule has 0 bridgehead atoms. The maximum atomic E-state index is 16.2. The Balaban J connectivity index is 1.68. The summed E-state index contributed by atoms with van der Waals surface area (Å²) in [7, 11) is 0. The summed E-state index contributed by atoms with van der Waals surface area (Å²) < 4.78 is 86.3. The summed E-state index contributed by atoms with van der Waals surface area (Å²) in [4.78, 5) is 0. The van der Waals surface area contributed by atoms with Crippen molar-refractivity contribution in [1.82, 2.24) is 0 Å². The van der Waals surface area contributed by atoms with Crippen molar-refractivity contribution in [2.75, 3.05) is 11.5 Å². The monoisotopic (exact) mass is 514 g/mol. The predicted molar refractivity (Wildman–Crippen MR) is 133 cm³/mol. The van der Waals surface area contributed by atoms with Crippen molar-refractivity contribution in [2.24, 2.45) is 0 Å². The van der Waals surface area contributed by atoms with Gasteiger partial charge in [0.1, 0.15) is 0 Å². The topological polar surface area (TPSA) is 52.0 Å². The Labute approximate surface area is 210 Å². The molecule has 37 heavy (non-hydrogen) atoms. The first-order valence-electron chi connectivity index (χ1n) is 11.4. The fourth-order valence-electron chi connectivity index (χ4n) is 4.17. The average Bonchev–Trinajstić information content (AvgIpc) is 2.86. The summed E-state index contributed by atoms with van der Waals surface area (Å²) in [5, 5.41) is 0. The quantitative estimate of drug-likeness (QED) is 0.199. The fraction of sp³-hybridized carbons (Fsp3) is 0.172. The van der Waals surface area contributed by atoms with Gasteiger partial charge < -0.3 is 11.5 Å². The third kappa shape index (κ3) is 5.28. The first-order chi connectivity index (χ1) is 17.4. The Morgan fingerprint density at radius 1 is 0.432 bits per heavy atom. The summed E-state index contributed by atoms with van der Waals surface area (Å²) in [6.07, 6.45) is -5.38. The lowest BCUT2D eigenvalue weighted by molar-refractivity contribution is -0.323. The lowest BCUT2D eigenvalue weighted by Gasteiger charge is -2.35. The van der Waals surface area contributed by atoms with Crippen molar-refractivity contribution in [3.8, 4) is 0 Å². The van der Waals surface area contributed by atoms with Gasteiger partial charge in [0.15, 0.2) is 0 Å². The molecule has 4 N–H and O–H groups in total. The van der Waals surface area contributed by atoms with E-state index < -0.39 is 28.9 Å². The Morgan fingerprint density at radius 3 is 0.973 bits per heavy atom. The van der Waals surface area contributed by atoms with Crippen LogP contribution in [0.25, 0.3) is 0 Å². The van der Waals surface area contributed by atoms with Crippen molar-refractivity contribution >= 4 is 11.4 Å². The van der Waals surface area contributed by atoms with Crippen LogP contribution in [0.15, 0.2) is 97.1 Å². The third-order valence-corrected chi connectivity index (χ3v) is 6.27. The van der Waals surface area contributed by atoms with Gasteiger partial charge in [-0.05, 0) is 59.4 Å². The van der Waals surface area contributed by atoms with Crippen molar-refractivity contribution in [1.29, 1.82) is 0 Å². The van der Waals surface area contributed by atoms with Crippen LogP contribution in [-0.4, -0.2) is 12.1 Å². The Morgan fingerprint density at radius 2 is 0.703 bits per heavy atom. The van der Waals surface area contributed by atoms with Gasteiger partial charge in [0.2, 0.25) is 5.67 Å². The smallest absolute Gasteiger partial charge is 0.399 e. The van der Waals surface area contributed by atoms with E-state index in [1.54, 1.807) is 48.5 Å². The van der Waals surface area contributed by atoms with E-state index in [-0.39, 0.29) is 0 Å². The van der Waals surface area contributed by atoms with Crippen molar-refractivity contribution in [3.63, 3.8) is 0 Å². The van der Waals surface area contributed by atoms with Crippen LogP contribution in [0.2, 0.25) is 0 Å². The number of hydrogen-bond acceptors (Lipinski definition) is 2. The minimum Gasteiger partial charge on any atom is -0.399 e. The van der Waals surface area contributed by atoms with E-state index in [1.165, 1.54) is 24.3 Å². The number of nitrogen functional groups attached to an aromatic ring is 2. The lowest BCUT2D eigenvalue weighted by Crippen LogP contribution is -2.53. The molecule has 0 aromatic heterocycles. The summed E-state index contributed by atoms with van der Waals surface area (Å²) in [5.74, 6) is -5.68. The van der Waals surface area contributed by atoms with Gasteiger partial charge in [0.25, 0.3) is 0 Å². The second-order valence-corrected chi connectivity index (χ2v) is 8.96. The third-order valence-electron chi connectivity index (χ3n) is 6.27. The van der Waals surface area contributed by atoms with E-state index in [0.717, 1.165) is 35.4 Å². The lowest BCUT2D eigenvalue weighted by atomic mass is 9.81. The zero-order valence-electron chi connectivity index (χ0n) is 19.6. The number of rotatable bonds is 7. The van der Waals surface area contributed by atoms with Crippen LogP contribution in [0.3, 0.4) is 0 Å². The van der Waals surface area contributed by atoms with Crippen LogP contribution >= 0.6 is 0 Å². The highest BCUT2D eigenvalue weighted by molar-refractivity contribution is 5.45. The van der Waals surface area contributed by atoms with E-state index in [0.29, 0.717) is 35.3 Å². The first-order valence-corrected chi connectivity index (χ1v) is 11.4. The minimum absolute atomic E-state index is 0.370. The maximum absolute atomic E-state index is 16.2. The molecule has 4 aromatic rings. The zero-order chi connectivity index (χ0) is 26.8. The summed E-state index contributed by atoms with van der Waals surface area (Å²) in [6.45, 7) is 0. The molecule has 0 fully saturated rings. The van der Waals surface area contributed by atoms with E-state index in [9.17, 15) is 22.0 Å². The Hall–Kier alpha value is -3.94. The number of anilines is 2. The highest BCUT2D eigenvalue weighted by atomic mass is 19.4. The molecule has 192 valence electrons. The van der Waals surface area contributed by atoms with Gasteiger partial charge in [-0.15, -0.1) is 0 Å². The van der Waals surface area contributed by atoms with Gasteiger partial charge in [0.05, 0.1) is 0 Å². The summed E-state index contributed by atoms with van der Waals surface area (Å²) in [5.41, 5.74) is 9.68. The molecule has 0 saturated carbocycles. The number of alkyl halides is 6. The molecule has 0 heterocycles. The number of benzene rings is 4. The van der Waals surface area contributed by atoms with Gasteiger partial charge in [-0.2, -0.15) is 22.0 Å². The van der Waals surface area contributed by atoms with Gasteiger partial charge in [-0.25, -0.2) is 4.39 Å². The molecule has 0 aliphatic rings. The molecule has 4 aromatic carbocycles. The molecule has 0 atom stereocenters. The zero-order valence-corrected chi connectivity index (χ0v) is 19.6. The fourth-order valence-corrected chi connectivity index (χ4v) is 4.17. The molecule has 0 spiro atoms. The molecular formula is C29H24F6N2. The van der Waals surface area contributed by atoms with Crippen LogP contribution in [0.4, 0.5) is 37.7 Å². The van der Waals surface area contributed by atoms with Crippen LogP contribution < -0.4 is 11.5 Å². The van der Waals surface area contributed by atoms with Crippen molar-refractivity contribution in [3.05, 3.63) is 130 Å². The molecule has 0 aliphatic heterocycles. The molecule has 8 heteroatoms. The molecule has 4 rings (SSSR count). The highest BCUT2D eigenvalue weighted by Gasteiger charge is 2.72. The molecule has 0 amide bonds. The molecule has 0 unspecified atom stereocenters. The van der Waals surface area contributed by atoms with Gasteiger partial charge in [0, 0.05) is 22.5 Å². The second-order valence-electron chi connectivity index (χ2n) is 8.96. The molecule has 0 radical (unpaired) electrons. The molecule has 0 saturated heterocycles. The van der Waals surface area contributed by atoms with Crippen LogP contribution in [0.1, 0.15) is 33.4 Å². The van der Waals surface area contributed by atoms with Crippen LogP contribution in [0, 0.1) is 0 Å². The average molecular weight is 515 g/mol.